The Hall–Kier alpha value is -4.01. The molecule has 43 heavy (non-hydrogen) atoms. The first-order chi connectivity index (χ1) is 20.5. The zero-order chi connectivity index (χ0) is 30.1. The van der Waals surface area contributed by atoms with E-state index in [0.717, 1.165) is 47.9 Å². The van der Waals surface area contributed by atoms with E-state index in [1.807, 2.05) is 20.2 Å². The molecule has 2 fully saturated rings. The summed E-state index contributed by atoms with van der Waals surface area (Å²) in [6.45, 7) is 0.408. The maximum Gasteiger partial charge on any atom is 0.418 e. The molecule has 7 rings (SSSR count). The summed E-state index contributed by atoms with van der Waals surface area (Å²) in [4.78, 5) is 7.39. The monoisotopic (exact) mass is 595 g/mol. The number of hydrogen-bond acceptors (Lipinski definition) is 9. The first kappa shape index (κ1) is 27.8. The summed E-state index contributed by atoms with van der Waals surface area (Å²) in [5.74, 6) is 1.17. The highest BCUT2D eigenvalue weighted by atomic mass is 19.4. The van der Waals surface area contributed by atoms with Crippen molar-refractivity contribution in [2.75, 3.05) is 18.0 Å². The second-order valence-electron chi connectivity index (χ2n) is 11.8. The van der Waals surface area contributed by atoms with E-state index in [1.54, 1.807) is 27.8 Å². The molecule has 3 aromatic heterocycles. The molecule has 1 atom stereocenters. The summed E-state index contributed by atoms with van der Waals surface area (Å²) in [5.41, 5.74) is 1.56. The third-order valence-electron chi connectivity index (χ3n) is 8.58. The fourth-order valence-electron chi connectivity index (χ4n) is 5.92. The van der Waals surface area contributed by atoms with Gasteiger partial charge in [0.25, 0.3) is 0 Å². The predicted octanol–water partition coefficient (Wildman–Crippen LogP) is 3.29. The van der Waals surface area contributed by atoms with Crippen molar-refractivity contribution in [2.24, 2.45) is 14.1 Å². The highest BCUT2D eigenvalue weighted by Gasteiger charge is 2.45. The lowest BCUT2D eigenvalue weighted by Crippen LogP contribution is -2.46. The Morgan fingerprint density at radius 1 is 1.12 bits per heavy atom. The Balaban J connectivity index is 1.25. The van der Waals surface area contributed by atoms with Gasteiger partial charge < -0.3 is 25.0 Å². The topological polar surface area (TPSA) is 120 Å². The molecule has 5 heterocycles. The number of nitrogens with zero attached hydrogens (tertiary/aromatic N) is 8. The summed E-state index contributed by atoms with van der Waals surface area (Å²) in [6, 6.07) is 3.73. The second kappa shape index (κ2) is 10.0. The lowest BCUT2D eigenvalue weighted by molar-refractivity contribution is -0.0924. The summed E-state index contributed by atoms with van der Waals surface area (Å²) < 4.78 is 46.4. The standard InChI is InChI=1S/C29H32F3N9O2/c1-38-16-34-37-26(38)20-12-35-39(2)25(20)19-9-22(18-4-5-18)36-24(10-19)41-14-23-21(29(30,31)32)8-17(13-40(23)27(41)42)11-33-15-28(43)6-3-7-28/h8-10,12-14,16,18,27,33,42-43H,3-7,11,15H2,1-2H3. The third kappa shape index (κ3) is 5.02. The number of aliphatic hydroxyl groups excluding tert-OH is 1. The fraction of sp³-hybridized carbons (Fsp3) is 0.448. The van der Waals surface area contributed by atoms with Gasteiger partial charge in [-0.3, -0.25) is 9.58 Å². The summed E-state index contributed by atoms with van der Waals surface area (Å²) in [5, 5.41) is 37.5. The molecule has 14 heteroatoms. The molecule has 0 aromatic carbocycles. The fourth-order valence-corrected chi connectivity index (χ4v) is 5.92. The Morgan fingerprint density at radius 2 is 1.91 bits per heavy atom. The number of aryl methyl sites for hydroxylation is 2. The van der Waals surface area contributed by atoms with Crippen molar-refractivity contribution in [2.45, 2.75) is 56.2 Å². The highest BCUT2D eigenvalue weighted by Crippen LogP contribution is 2.45. The first-order valence-corrected chi connectivity index (χ1v) is 14.3. The van der Waals surface area contributed by atoms with Crippen LogP contribution in [0.4, 0.5) is 19.0 Å². The van der Waals surface area contributed by atoms with Gasteiger partial charge in [0, 0.05) is 56.8 Å². The number of aromatic nitrogens is 6. The molecule has 0 radical (unpaired) electrons. The zero-order valence-electron chi connectivity index (χ0n) is 23.8. The minimum Gasteiger partial charge on any atom is -0.389 e. The lowest BCUT2D eigenvalue weighted by Gasteiger charge is -2.37. The molecule has 2 aliphatic carbocycles. The highest BCUT2D eigenvalue weighted by molar-refractivity contribution is 5.79. The van der Waals surface area contributed by atoms with Crippen LogP contribution in [0, 0.1) is 0 Å². The van der Waals surface area contributed by atoms with Gasteiger partial charge >= 0.3 is 6.18 Å². The van der Waals surface area contributed by atoms with E-state index in [-0.39, 0.29) is 18.2 Å². The van der Waals surface area contributed by atoms with Crippen LogP contribution in [0.3, 0.4) is 0 Å². The van der Waals surface area contributed by atoms with E-state index >= 15 is 0 Å². The second-order valence-corrected chi connectivity index (χ2v) is 11.8. The number of rotatable bonds is 8. The van der Waals surface area contributed by atoms with E-state index in [9.17, 15) is 23.4 Å². The number of hydrogen-bond donors (Lipinski definition) is 3. The average molecular weight is 596 g/mol. The van der Waals surface area contributed by atoms with Crippen molar-refractivity contribution in [3.8, 4) is 22.6 Å². The van der Waals surface area contributed by atoms with E-state index < -0.39 is 23.7 Å². The van der Waals surface area contributed by atoms with Gasteiger partial charge in [-0.2, -0.15) is 18.3 Å². The molecule has 2 aliphatic heterocycles. The van der Waals surface area contributed by atoms with Crippen LogP contribution in [-0.2, 0) is 14.1 Å². The van der Waals surface area contributed by atoms with E-state index in [0.29, 0.717) is 36.6 Å². The number of halogens is 3. The number of nitrogens with one attached hydrogen (secondary N) is 1. The Kier molecular flexibility index (Phi) is 6.48. The van der Waals surface area contributed by atoms with Crippen molar-refractivity contribution in [1.29, 1.82) is 0 Å². The largest absolute Gasteiger partial charge is 0.418 e. The summed E-state index contributed by atoms with van der Waals surface area (Å²) in [7, 11) is 3.64. The van der Waals surface area contributed by atoms with Gasteiger partial charge in [0.05, 0.1) is 34.3 Å². The molecule has 11 nitrogen and oxygen atoms in total. The van der Waals surface area contributed by atoms with Crippen LogP contribution in [0.5, 0.6) is 0 Å². The SMILES string of the molecule is Cn1cnnc1-c1cnn(C)c1-c1cc(C2CC2)nc(N2C=C3C(C(F)(F)F)=CC(CNCC4(O)CCC4)=CN3C2O)c1. The van der Waals surface area contributed by atoms with Crippen LogP contribution in [0.2, 0.25) is 0 Å². The Morgan fingerprint density at radius 3 is 2.56 bits per heavy atom. The molecule has 1 unspecified atom stereocenters. The van der Waals surface area contributed by atoms with E-state index in [1.165, 1.54) is 22.2 Å². The van der Waals surface area contributed by atoms with Crippen LogP contribution in [-0.4, -0.2) is 75.9 Å². The normalized spacial score (nSPS) is 21.4. The lowest BCUT2D eigenvalue weighted by atomic mass is 9.80. The molecule has 3 aromatic rings. The molecule has 0 bridgehead atoms. The van der Waals surface area contributed by atoms with E-state index in [2.05, 4.69) is 20.6 Å². The summed E-state index contributed by atoms with van der Waals surface area (Å²) >= 11 is 0. The number of pyridine rings is 1. The van der Waals surface area contributed by atoms with Gasteiger partial charge in [-0.15, -0.1) is 10.2 Å². The number of fused-ring (bicyclic) bond motifs is 1. The quantitative estimate of drug-likeness (QED) is 0.360. The number of alkyl halides is 3. The average Bonchev–Trinajstić information content (AvgIpc) is 3.49. The van der Waals surface area contributed by atoms with Crippen LogP contribution in [0.25, 0.3) is 22.6 Å². The van der Waals surface area contributed by atoms with Crippen molar-refractivity contribution in [3.05, 3.63) is 65.7 Å². The smallest absolute Gasteiger partial charge is 0.389 e. The number of allylic oxidation sites excluding steroid dienone is 1. The molecule has 0 amide bonds. The van der Waals surface area contributed by atoms with Gasteiger partial charge in [-0.1, -0.05) is 0 Å². The molecule has 2 saturated carbocycles. The molecular formula is C29H32F3N9O2. The molecule has 3 N–H and O–H groups in total. The van der Waals surface area contributed by atoms with Crippen molar-refractivity contribution in [1.82, 2.24) is 39.7 Å². The van der Waals surface area contributed by atoms with Gasteiger partial charge in [0.1, 0.15) is 12.1 Å². The first-order valence-electron chi connectivity index (χ1n) is 14.3. The maximum absolute atomic E-state index is 14.3. The predicted molar refractivity (Wildman–Crippen MR) is 151 cm³/mol. The molecular weight excluding hydrogens is 563 g/mol. The number of aliphatic hydroxyl groups is 2. The third-order valence-corrected chi connectivity index (χ3v) is 8.58. The van der Waals surface area contributed by atoms with Crippen LogP contribution in [0.1, 0.15) is 43.7 Å². The van der Waals surface area contributed by atoms with Crippen LogP contribution < -0.4 is 10.2 Å². The van der Waals surface area contributed by atoms with Gasteiger partial charge in [0.2, 0.25) is 6.35 Å². The zero-order valence-corrected chi connectivity index (χ0v) is 23.8. The van der Waals surface area contributed by atoms with Crippen molar-refractivity contribution < 1.29 is 23.4 Å². The maximum atomic E-state index is 14.3. The molecule has 0 saturated heterocycles. The van der Waals surface area contributed by atoms with Crippen molar-refractivity contribution in [3.63, 3.8) is 0 Å². The molecule has 4 aliphatic rings. The van der Waals surface area contributed by atoms with E-state index in [4.69, 9.17) is 4.98 Å². The van der Waals surface area contributed by atoms with Crippen LogP contribution in [0.15, 0.2) is 60.0 Å². The van der Waals surface area contributed by atoms with Gasteiger partial charge in [-0.25, -0.2) is 4.98 Å². The van der Waals surface area contributed by atoms with Crippen molar-refractivity contribution >= 4 is 5.82 Å². The Labute approximate surface area is 245 Å². The number of anilines is 1. The summed E-state index contributed by atoms with van der Waals surface area (Å²) in [6.07, 6.45) is 5.30. The Bertz CT molecular complexity index is 1660. The van der Waals surface area contributed by atoms with Gasteiger partial charge in [0.15, 0.2) is 5.82 Å². The molecule has 0 spiro atoms. The van der Waals surface area contributed by atoms with Crippen LogP contribution >= 0.6 is 0 Å². The minimum absolute atomic E-state index is 0.114. The minimum atomic E-state index is -4.65. The van der Waals surface area contributed by atoms with Gasteiger partial charge in [-0.05, 0) is 55.9 Å². The molecule has 226 valence electrons.